The molecule has 1 aliphatic heterocycles. The Morgan fingerprint density at radius 2 is 1.71 bits per heavy atom. The number of nitrogens with zero attached hydrogens (tertiary/aromatic N) is 2. The summed E-state index contributed by atoms with van der Waals surface area (Å²) in [5.74, 6) is 0.690. The molecule has 0 saturated carbocycles. The summed E-state index contributed by atoms with van der Waals surface area (Å²) in [5, 5.41) is 0. The molecule has 2 rings (SSSR count). The molecule has 0 spiro atoms. The lowest BCUT2D eigenvalue weighted by Crippen LogP contribution is -2.38. The monoisotopic (exact) mass is 289 g/mol. The van der Waals surface area contributed by atoms with E-state index in [2.05, 4.69) is 34.2 Å². The summed E-state index contributed by atoms with van der Waals surface area (Å²) in [4.78, 5) is 6.76. The van der Waals surface area contributed by atoms with Crippen LogP contribution in [0.2, 0.25) is 0 Å². The molecule has 2 N–H and O–H groups in total. The zero-order chi connectivity index (χ0) is 14.9. The highest BCUT2D eigenvalue weighted by Gasteiger charge is 2.10. The van der Waals surface area contributed by atoms with E-state index < -0.39 is 0 Å². The maximum atomic E-state index is 6.12. The number of likely N-dealkylation sites (tertiary alicyclic amines) is 1. The van der Waals surface area contributed by atoms with Crippen molar-refractivity contribution in [2.75, 3.05) is 19.7 Å². The average Bonchev–Trinajstić information content (AvgIpc) is 2.81. The Bertz CT molecular complexity index is 434. The van der Waals surface area contributed by atoms with Gasteiger partial charge in [0.15, 0.2) is 5.96 Å². The van der Waals surface area contributed by atoms with Gasteiger partial charge in [-0.3, -0.25) is 0 Å². The molecular formula is C17H27N3O. The molecule has 116 valence electrons. The molecule has 4 nitrogen and oxygen atoms in total. The zero-order valence-electron chi connectivity index (χ0n) is 13.1. The van der Waals surface area contributed by atoms with Crippen molar-refractivity contribution in [1.29, 1.82) is 0 Å². The number of benzene rings is 1. The van der Waals surface area contributed by atoms with Gasteiger partial charge in [0.05, 0.1) is 13.2 Å². The Morgan fingerprint density at radius 3 is 2.33 bits per heavy atom. The molecule has 0 radical (unpaired) electrons. The van der Waals surface area contributed by atoms with Gasteiger partial charge in [-0.15, -0.1) is 0 Å². The Labute approximate surface area is 128 Å². The molecule has 1 saturated heterocycles. The van der Waals surface area contributed by atoms with Crippen LogP contribution in [0, 0.1) is 0 Å². The molecule has 4 heteroatoms. The van der Waals surface area contributed by atoms with E-state index in [0.717, 1.165) is 19.7 Å². The summed E-state index contributed by atoms with van der Waals surface area (Å²) < 4.78 is 5.39. The van der Waals surface area contributed by atoms with Crippen molar-refractivity contribution in [1.82, 2.24) is 4.90 Å². The molecule has 1 aromatic rings. The van der Waals surface area contributed by atoms with E-state index in [9.17, 15) is 0 Å². The molecule has 0 aromatic heterocycles. The Hall–Kier alpha value is -1.55. The second kappa shape index (κ2) is 8.67. The standard InChI is InChI=1S/C17H27N3O/c1-2-21-14-16-9-7-15(8-10-16)13-19-17(18)20-11-5-3-4-6-12-20/h7-10H,2-6,11-14H2,1H3,(H2,18,19). The highest BCUT2D eigenvalue weighted by Crippen LogP contribution is 2.10. The van der Waals surface area contributed by atoms with Crippen LogP contribution in [0.4, 0.5) is 0 Å². The second-order valence-electron chi connectivity index (χ2n) is 5.53. The van der Waals surface area contributed by atoms with Crippen LogP contribution in [0.25, 0.3) is 0 Å². The van der Waals surface area contributed by atoms with Gasteiger partial charge in [-0.1, -0.05) is 37.1 Å². The molecule has 1 aliphatic rings. The Balaban J connectivity index is 1.86. The zero-order valence-corrected chi connectivity index (χ0v) is 13.1. The van der Waals surface area contributed by atoms with E-state index in [4.69, 9.17) is 10.5 Å². The number of guanidine groups is 1. The quantitative estimate of drug-likeness (QED) is 0.670. The first-order valence-corrected chi connectivity index (χ1v) is 8.00. The number of hydrogen-bond donors (Lipinski definition) is 1. The summed E-state index contributed by atoms with van der Waals surface area (Å²) in [6.45, 7) is 6.17. The fourth-order valence-electron chi connectivity index (χ4n) is 2.53. The summed E-state index contributed by atoms with van der Waals surface area (Å²) in [7, 11) is 0. The summed E-state index contributed by atoms with van der Waals surface area (Å²) >= 11 is 0. The van der Waals surface area contributed by atoms with Crippen LogP contribution in [0.5, 0.6) is 0 Å². The van der Waals surface area contributed by atoms with Gasteiger partial charge in [-0.2, -0.15) is 0 Å². The molecule has 1 aromatic carbocycles. The van der Waals surface area contributed by atoms with E-state index in [0.29, 0.717) is 19.1 Å². The van der Waals surface area contributed by atoms with Gasteiger partial charge in [-0.25, -0.2) is 4.99 Å². The summed E-state index contributed by atoms with van der Waals surface area (Å²) in [6.07, 6.45) is 5.07. The maximum Gasteiger partial charge on any atom is 0.191 e. The second-order valence-corrected chi connectivity index (χ2v) is 5.53. The molecule has 0 bridgehead atoms. The minimum absolute atomic E-state index is 0.650. The molecule has 0 aliphatic carbocycles. The Morgan fingerprint density at radius 1 is 1.10 bits per heavy atom. The average molecular weight is 289 g/mol. The lowest BCUT2D eigenvalue weighted by Gasteiger charge is -2.21. The maximum absolute atomic E-state index is 6.12. The number of hydrogen-bond acceptors (Lipinski definition) is 2. The first kappa shape index (κ1) is 15.8. The van der Waals surface area contributed by atoms with Crippen molar-refractivity contribution in [3.63, 3.8) is 0 Å². The number of rotatable bonds is 5. The van der Waals surface area contributed by atoms with Crippen molar-refractivity contribution in [2.45, 2.75) is 45.8 Å². The van der Waals surface area contributed by atoms with Gasteiger partial charge in [-0.05, 0) is 30.9 Å². The topological polar surface area (TPSA) is 50.9 Å². The van der Waals surface area contributed by atoms with Crippen molar-refractivity contribution >= 4 is 5.96 Å². The number of aliphatic imine (C=N–C) groups is 1. The van der Waals surface area contributed by atoms with Crippen LogP contribution in [0.1, 0.15) is 43.7 Å². The van der Waals surface area contributed by atoms with Gasteiger partial charge < -0.3 is 15.4 Å². The lowest BCUT2D eigenvalue weighted by molar-refractivity contribution is 0.134. The third-order valence-electron chi connectivity index (χ3n) is 3.85. The highest BCUT2D eigenvalue weighted by atomic mass is 16.5. The largest absolute Gasteiger partial charge is 0.377 e. The van der Waals surface area contributed by atoms with E-state index in [-0.39, 0.29) is 0 Å². The normalized spacial score (nSPS) is 16.8. The third-order valence-corrected chi connectivity index (χ3v) is 3.85. The lowest BCUT2D eigenvalue weighted by atomic mass is 10.1. The van der Waals surface area contributed by atoms with Crippen molar-refractivity contribution in [2.24, 2.45) is 10.7 Å². The fourth-order valence-corrected chi connectivity index (χ4v) is 2.53. The predicted molar refractivity (Wildman–Crippen MR) is 87.1 cm³/mol. The van der Waals surface area contributed by atoms with Crippen molar-refractivity contribution in [3.8, 4) is 0 Å². The molecule has 21 heavy (non-hydrogen) atoms. The van der Waals surface area contributed by atoms with Crippen LogP contribution in [-0.2, 0) is 17.9 Å². The van der Waals surface area contributed by atoms with Crippen molar-refractivity contribution in [3.05, 3.63) is 35.4 Å². The number of ether oxygens (including phenoxy) is 1. The first-order valence-electron chi connectivity index (χ1n) is 8.00. The van der Waals surface area contributed by atoms with E-state index in [1.165, 1.54) is 36.8 Å². The van der Waals surface area contributed by atoms with Crippen LogP contribution < -0.4 is 5.73 Å². The molecule has 1 fully saturated rings. The van der Waals surface area contributed by atoms with Crippen LogP contribution in [0.15, 0.2) is 29.3 Å². The molecular weight excluding hydrogens is 262 g/mol. The SMILES string of the molecule is CCOCc1ccc(CN=C(N)N2CCCCCC2)cc1. The van der Waals surface area contributed by atoms with Crippen LogP contribution >= 0.6 is 0 Å². The smallest absolute Gasteiger partial charge is 0.191 e. The molecule has 0 amide bonds. The minimum Gasteiger partial charge on any atom is -0.377 e. The minimum atomic E-state index is 0.650. The molecule has 0 unspecified atom stereocenters. The van der Waals surface area contributed by atoms with Gasteiger partial charge in [0, 0.05) is 19.7 Å². The molecule has 0 atom stereocenters. The van der Waals surface area contributed by atoms with Gasteiger partial charge >= 0.3 is 0 Å². The van der Waals surface area contributed by atoms with Gasteiger partial charge in [0.2, 0.25) is 0 Å². The highest BCUT2D eigenvalue weighted by molar-refractivity contribution is 5.78. The first-order chi connectivity index (χ1) is 10.3. The fraction of sp³-hybridized carbons (Fsp3) is 0.588. The van der Waals surface area contributed by atoms with Gasteiger partial charge in [0.25, 0.3) is 0 Å². The van der Waals surface area contributed by atoms with Crippen molar-refractivity contribution < 1.29 is 4.74 Å². The van der Waals surface area contributed by atoms with E-state index in [1.807, 2.05) is 6.92 Å². The van der Waals surface area contributed by atoms with Crippen LogP contribution in [0.3, 0.4) is 0 Å². The predicted octanol–water partition coefficient (Wildman–Crippen LogP) is 2.91. The van der Waals surface area contributed by atoms with Crippen LogP contribution in [-0.4, -0.2) is 30.6 Å². The number of nitrogens with two attached hydrogens (primary N) is 1. The summed E-state index contributed by atoms with van der Waals surface area (Å²) in [6, 6.07) is 8.41. The Kier molecular flexibility index (Phi) is 6.54. The van der Waals surface area contributed by atoms with E-state index in [1.54, 1.807) is 0 Å². The molecule has 1 heterocycles. The summed E-state index contributed by atoms with van der Waals surface area (Å²) in [5.41, 5.74) is 8.50. The van der Waals surface area contributed by atoms with E-state index >= 15 is 0 Å². The third kappa shape index (κ3) is 5.38. The van der Waals surface area contributed by atoms with Gasteiger partial charge in [0.1, 0.15) is 0 Å².